The number of rotatable bonds is 4. The summed E-state index contributed by atoms with van der Waals surface area (Å²) >= 11 is 1.81. The Balaban J connectivity index is 1.64. The van der Waals surface area contributed by atoms with Crippen LogP contribution in [0.25, 0.3) is 0 Å². The summed E-state index contributed by atoms with van der Waals surface area (Å²) in [4.78, 5) is 13.6. The van der Waals surface area contributed by atoms with Gasteiger partial charge in [0.15, 0.2) is 6.10 Å². The van der Waals surface area contributed by atoms with Gasteiger partial charge in [0.2, 0.25) is 0 Å². The van der Waals surface area contributed by atoms with Crippen LogP contribution in [0, 0.1) is 5.82 Å². The molecular formula is C18H18FNO2S. The Bertz CT molecular complexity index is 690. The molecule has 1 aliphatic heterocycles. The average molecular weight is 331 g/mol. The molecule has 5 heteroatoms. The second-order valence-electron chi connectivity index (χ2n) is 5.45. The minimum Gasteiger partial charge on any atom is -0.481 e. The molecule has 23 heavy (non-hydrogen) atoms. The lowest BCUT2D eigenvalue weighted by Gasteiger charge is -2.27. The fourth-order valence-corrected chi connectivity index (χ4v) is 3.68. The Kier molecular flexibility index (Phi) is 4.86. The third kappa shape index (κ3) is 3.85. The zero-order chi connectivity index (χ0) is 16.2. The highest BCUT2D eigenvalue weighted by Crippen LogP contribution is 2.35. The number of fused-ring (bicyclic) bond motifs is 1. The predicted octanol–water partition coefficient (Wildman–Crippen LogP) is 3.95. The standard InChI is InChI=1S/C18H18FNO2S/c1-12(22-14-8-6-13(19)7-9-14)18(21)20-16-10-11-23-17-5-3-2-4-15(16)17/h2-9,12,16H,10-11H2,1H3,(H,20,21). The van der Waals surface area contributed by atoms with Crippen molar-refractivity contribution < 1.29 is 13.9 Å². The van der Waals surface area contributed by atoms with E-state index in [0.29, 0.717) is 5.75 Å². The molecule has 2 atom stereocenters. The lowest BCUT2D eigenvalue weighted by atomic mass is 10.0. The summed E-state index contributed by atoms with van der Waals surface area (Å²) in [7, 11) is 0. The topological polar surface area (TPSA) is 38.3 Å². The molecule has 1 heterocycles. The molecule has 3 nitrogen and oxygen atoms in total. The number of amides is 1. The Labute approximate surface area is 139 Å². The Morgan fingerprint density at radius 3 is 2.78 bits per heavy atom. The summed E-state index contributed by atoms with van der Waals surface area (Å²) in [5.41, 5.74) is 1.16. The first kappa shape index (κ1) is 15.9. The van der Waals surface area contributed by atoms with Gasteiger partial charge in [-0.15, -0.1) is 11.8 Å². The van der Waals surface area contributed by atoms with E-state index >= 15 is 0 Å². The fraction of sp³-hybridized carbons (Fsp3) is 0.278. The average Bonchev–Trinajstić information content (AvgIpc) is 2.57. The molecule has 1 aliphatic rings. The molecular weight excluding hydrogens is 313 g/mol. The van der Waals surface area contributed by atoms with Gasteiger partial charge >= 0.3 is 0 Å². The SMILES string of the molecule is CC(Oc1ccc(F)cc1)C(=O)NC1CCSc2ccccc21. The maximum Gasteiger partial charge on any atom is 0.261 e. The van der Waals surface area contributed by atoms with Crippen molar-refractivity contribution in [1.29, 1.82) is 0 Å². The number of hydrogen-bond acceptors (Lipinski definition) is 3. The van der Waals surface area contributed by atoms with Crippen LogP contribution in [-0.2, 0) is 4.79 Å². The fourth-order valence-electron chi connectivity index (χ4n) is 2.55. The van der Waals surface area contributed by atoms with E-state index in [9.17, 15) is 9.18 Å². The summed E-state index contributed by atoms with van der Waals surface area (Å²) in [6.45, 7) is 1.70. The van der Waals surface area contributed by atoms with Gasteiger partial charge in [-0.25, -0.2) is 4.39 Å². The van der Waals surface area contributed by atoms with E-state index in [1.807, 2.05) is 23.9 Å². The third-order valence-corrected chi connectivity index (χ3v) is 4.89. The van der Waals surface area contributed by atoms with Crippen molar-refractivity contribution >= 4 is 17.7 Å². The van der Waals surface area contributed by atoms with Crippen molar-refractivity contribution in [2.75, 3.05) is 5.75 Å². The van der Waals surface area contributed by atoms with Crippen molar-refractivity contribution in [2.45, 2.75) is 30.4 Å². The van der Waals surface area contributed by atoms with E-state index in [4.69, 9.17) is 4.74 Å². The van der Waals surface area contributed by atoms with Crippen molar-refractivity contribution in [2.24, 2.45) is 0 Å². The van der Waals surface area contributed by atoms with Crippen LogP contribution >= 0.6 is 11.8 Å². The smallest absolute Gasteiger partial charge is 0.261 e. The Morgan fingerprint density at radius 2 is 2.00 bits per heavy atom. The van der Waals surface area contributed by atoms with Crippen molar-refractivity contribution in [1.82, 2.24) is 5.32 Å². The van der Waals surface area contributed by atoms with Crippen LogP contribution in [0.15, 0.2) is 53.4 Å². The maximum atomic E-state index is 12.9. The van der Waals surface area contributed by atoms with E-state index in [2.05, 4.69) is 17.4 Å². The molecule has 0 saturated carbocycles. The highest BCUT2D eigenvalue weighted by Gasteiger charge is 2.24. The minimum atomic E-state index is -0.637. The highest BCUT2D eigenvalue weighted by atomic mass is 32.2. The van der Waals surface area contributed by atoms with Crippen molar-refractivity contribution in [3.8, 4) is 5.75 Å². The van der Waals surface area contributed by atoms with Crippen LogP contribution in [0.4, 0.5) is 4.39 Å². The summed E-state index contributed by atoms with van der Waals surface area (Å²) in [5, 5.41) is 3.06. The first-order valence-electron chi connectivity index (χ1n) is 7.58. The lowest BCUT2D eigenvalue weighted by molar-refractivity contribution is -0.128. The molecule has 1 amide bonds. The van der Waals surface area contributed by atoms with Gasteiger partial charge in [-0.05, 0) is 49.2 Å². The van der Waals surface area contributed by atoms with E-state index in [-0.39, 0.29) is 17.8 Å². The molecule has 0 saturated heterocycles. The van der Waals surface area contributed by atoms with E-state index < -0.39 is 6.10 Å². The molecule has 2 aromatic rings. The minimum absolute atomic E-state index is 0.0132. The van der Waals surface area contributed by atoms with Gasteiger partial charge in [0.05, 0.1) is 6.04 Å². The summed E-state index contributed by atoms with van der Waals surface area (Å²) in [5.74, 6) is 0.968. The number of benzene rings is 2. The number of carbonyl (C=O) groups is 1. The molecule has 3 rings (SSSR count). The van der Waals surface area contributed by atoms with Gasteiger partial charge in [0, 0.05) is 10.6 Å². The molecule has 0 bridgehead atoms. The second-order valence-corrected chi connectivity index (χ2v) is 6.59. The van der Waals surface area contributed by atoms with Gasteiger partial charge < -0.3 is 10.1 Å². The van der Waals surface area contributed by atoms with E-state index in [1.165, 1.54) is 29.2 Å². The van der Waals surface area contributed by atoms with Crippen LogP contribution in [0.3, 0.4) is 0 Å². The number of ether oxygens (including phenoxy) is 1. The summed E-state index contributed by atoms with van der Waals surface area (Å²) < 4.78 is 18.5. The first-order chi connectivity index (χ1) is 11.1. The lowest BCUT2D eigenvalue weighted by Crippen LogP contribution is -2.39. The van der Waals surface area contributed by atoms with Gasteiger partial charge in [-0.1, -0.05) is 18.2 Å². The van der Waals surface area contributed by atoms with Crippen molar-refractivity contribution in [3.63, 3.8) is 0 Å². The predicted molar refractivity (Wildman–Crippen MR) is 89.2 cm³/mol. The highest BCUT2D eigenvalue weighted by molar-refractivity contribution is 7.99. The number of halogens is 1. The Morgan fingerprint density at radius 1 is 1.26 bits per heavy atom. The molecule has 1 N–H and O–H groups in total. The number of carbonyl (C=O) groups excluding carboxylic acids is 1. The Hall–Kier alpha value is -2.01. The number of hydrogen-bond donors (Lipinski definition) is 1. The summed E-state index contributed by atoms with van der Waals surface area (Å²) in [6, 6.07) is 13.8. The largest absolute Gasteiger partial charge is 0.481 e. The van der Waals surface area contributed by atoms with Gasteiger partial charge in [0.1, 0.15) is 11.6 Å². The van der Waals surface area contributed by atoms with E-state index in [0.717, 1.165) is 17.7 Å². The molecule has 0 fully saturated rings. The zero-order valence-corrected chi connectivity index (χ0v) is 13.6. The molecule has 120 valence electrons. The van der Waals surface area contributed by atoms with E-state index in [1.54, 1.807) is 6.92 Å². The maximum absolute atomic E-state index is 12.9. The van der Waals surface area contributed by atoms with Gasteiger partial charge in [-0.3, -0.25) is 4.79 Å². The molecule has 0 radical (unpaired) electrons. The molecule has 0 aliphatic carbocycles. The molecule has 0 spiro atoms. The monoisotopic (exact) mass is 331 g/mol. The normalized spacial score (nSPS) is 17.9. The van der Waals surface area contributed by atoms with Crippen LogP contribution in [-0.4, -0.2) is 17.8 Å². The van der Waals surface area contributed by atoms with Gasteiger partial charge in [0.25, 0.3) is 5.91 Å². The zero-order valence-electron chi connectivity index (χ0n) is 12.8. The van der Waals surface area contributed by atoms with Crippen LogP contribution in [0.1, 0.15) is 24.9 Å². The summed E-state index contributed by atoms with van der Waals surface area (Å²) in [6.07, 6.45) is 0.263. The molecule has 2 aromatic carbocycles. The van der Waals surface area contributed by atoms with Crippen LogP contribution < -0.4 is 10.1 Å². The molecule has 2 unspecified atom stereocenters. The second kappa shape index (κ2) is 7.04. The quantitative estimate of drug-likeness (QED) is 0.922. The number of nitrogens with one attached hydrogen (secondary N) is 1. The van der Waals surface area contributed by atoms with Gasteiger partial charge in [-0.2, -0.15) is 0 Å². The van der Waals surface area contributed by atoms with Crippen molar-refractivity contribution in [3.05, 3.63) is 59.9 Å². The van der Waals surface area contributed by atoms with Crippen LogP contribution in [0.5, 0.6) is 5.75 Å². The third-order valence-electron chi connectivity index (χ3n) is 3.77. The number of thioether (sulfide) groups is 1. The molecule has 0 aromatic heterocycles. The first-order valence-corrected chi connectivity index (χ1v) is 8.56. The van der Waals surface area contributed by atoms with Crippen LogP contribution in [0.2, 0.25) is 0 Å².